The van der Waals surface area contributed by atoms with Crippen LogP contribution in [0.15, 0.2) is 58.1 Å². The Hall–Kier alpha value is -3.53. The summed E-state index contributed by atoms with van der Waals surface area (Å²) in [7, 11) is 2.83. The number of hydrogen-bond acceptors (Lipinski definition) is 8. The van der Waals surface area contributed by atoms with Crippen LogP contribution in [0.4, 0.5) is 5.69 Å². The maximum atomic E-state index is 12.3. The smallest absolute Gasteiger partial charge is 0.339 e. The number of nitrogens with one attached hydrogen (secondary N) is 1. The van der Waals surface area contributed by atoms with E-state index < -0.39 is 11.9 Å². The number of anilines is 1. The second-order valence-electron chi connectivity index (χ2n) is 5.96. The lowest BCUT2D eigenvalue weighted by Crippen LogP contribution is -2.34. The van der Waals surface area contributed by atoms with Crippen LogP contribution in [0.1, 0.15) is 16.8 Å². The van der Waals surface area contributed by atoms with Crippen LogP contribution in [0.25, 0.3) is 5.69 Å². The van der Waals surface area contributed by atoms with E-state index in [-0.39, 0.29) is 22.9 Å². The molecular weight excluding hydrogens is 410 g/mol. The fourth-order valence-corrected chi connectivity index (χ4v) is 3.48. The lowest BCUT2D eigenvalue weighted by atomic mass is 10.2. The number of nitrogens with zero attached hydrogens (tertiary/aromatic N) is 2. The Labute approximate surface area is 176 Å². The van der Waals surface area contributed by atoms with E-state index in [1.165, 1.54) is 11.8 Å². The molecule has 0 aliphatic heterocycles. The summed E-state index contributed by atoms with van der Waals surface area (Å²) in [5.41, 5.74) is 1.25. The van der Waals surface area contributed by atoms with Gasteiger partial charge in [-0.15, -0.1) is 0 Å². The average Bonchev–Trinajstić information content (AvgIpc) is 3.14. The first kappa shape index (κ1) is 21.2. The van der Waals surface area contributed by atoms with E-state index in [0.29, 0.717) is 22.9 Å². The molecule has 156 valence electrons. The molecule has 0 saturated heterocycles. The van der Waals surface area contributed by atoms with Crippen LogP contribution < -0.4 is 19.8 Å². The molecule has 0 spiro atoms. The van der Waals surface area contributed by atoms with Gasteiger partial charge in [0.25, 0.3) is 5.03 Å². The number of aromatic nitrogens is 2. The summed E-state index contributed by atoms with van der Waals surface area (Å²) in [4.78, 5) is 24.1. The fourth-order valence-electron chi connectivity index (χ4n) is 2.58. The molecule has 3 rings (SSSR count). The Kier molecular flexibility index (Phi) is 6.91. The van der Waals surface area contributed by atoms with Crippen LogP contribution in [-0.4, -0.2) is 37.1 Å². The molecule has 0 unspecified atom stereocenters. The van der Waals surface area contributed by atoms with E-state index >= 15 is 0 Å². The largest absolute Gasteiger partial charge is 0.538 e. The number of para-hydroxylation sites is 1. The summed E-state index contributed by atoms with van der Waals surface area (Å²) in [6, 6.07) is 13.5. The van der Waals surface area contributed by atoms with Crippen molar-refractivity contribution in [1.29, 1.82) is 0 Å². The normalized spacial score (nSPS) is 10.5. The second kappa shape index (κ2) is 9.79. The van der Waals surface area contributed by atoms with Crippen molar-refractivity contribution in [1.82, 2.24) is 5.27 Å². The Morgan fingerprint density at radius 2 is 1.90 bits per heavy atom. The summed E-state index contributed by atoms with van der Waals surface area (Å²) in [6.07, 6.45) is 0.105. The molecule has 0 saturated carbocycles. The lowest BCUT2D eigenvalue weighted by Gasteiger charge is -2.09. The van der Waals surface area contributed by atoms with Gasteiger partial charge in [-0.05, 0) is 28.9 Å². The summed E-state index contributed by atoms with van der Waals surface area (Å²) in [5, 5.41) is 18.7. The zero-order valence-corrected chi connectivity index (χ0v) is 17.1. The first-order valence-corrected chi connectivity index (χ1v) is 9.85. The van der Waals surface area contributed by atoms with Crippen molar-refractivity contribution >= 4 is 29.3 Å². The van der Waals surface area contributed by atoms with Crippen molar-refractivity contribution in [3.8, 4) is 17.4 Å². The van der Waals surface area contributed by atoms with Crippen molar-refractivity contribution in [2.75, 3.05) is 25.3 Å². The number of benzene rings is 2. The molecule has 10 heteroatoms. The van der Waals surface area contributed by atoms with E-state index in [9.17, 15) is 14.7 Å². The van der Waals surface area contributed by atoms with Crippen molar-refractivity contribution in [3.63, 3.8) is 0 Å². The van der Waals surface area contributed by atoms with Crippen molar-refractivity contribution in [2.24, 2.45) is 0 Å². The highest BCUT2D eigenvalue weighted by atomic mass is 32.2. The summed E-state index contributed by atoms with van der Waals surface area (Å²) < 4.78 is 16.0. The molecule has 0 fully saturated rings. The molecule has 1 aromatic heterocycles. The first-order chi connectivity index (χ1) is 14.5. The number of hydrogen-bond donors (Lipinski definition) is 1. The van der Waals surface area contributed by atoms with E-state index in [2.05, 4.69) is 10.6 Å². The molecule has 1 N–H and O–H groups in total. The molecule has 2 aromatic carbocycles. The van der Waals surface area contributed by atoms with Gasteiger partial charge in [-0.3, -0.25) is 4.79 Å². The van der Waals surface area contributed by atoms with Crippen LogP contribution in [-0.2, 0) is 9.53 Å². The van der Waals surface area contributed by atoms with Crippen LogP contribution in [0.2, 0.25) is 0 Å². The number of ether oxygens (including phenoxy) is 2. The minimum atomic E-state index is -0.590. The molecule has 0 aliphatic rings. The van der Waals surface area contributed by atoms with Crippen molar-refractivity contribution < 1.29 is 33.4 Å². The molecule has 30 heavy (non-hydrogen) atoms. The standard InChI is InChI=1S/C20H19N3O6S/c1-27-14-9-7-13(8-10-14)23-18(20(26)29-22-23)30-12-11-17(24)21-16-6-4-3-5-15(16)19(25)28-2/h3-10H,11-12H2,1-2H3,(H-,21,22,24,25,26). The summed E-state index contributed by atoms with van der Waals surface area (Å²) in [5.74, 6) is -0.464. The van der Waals surface area contributed by atoms with Crippen LogP contribution >= 0.6 is 11.8 Å². The van der Waals surface area contributed by atoms with E-state index in [1.54, 1.807) is 55.6 Å². The third-order valence-electron chi connectivity index (χ3n) is 4.06. The van der Waals surface area contributed by atoms with Crippen LogP contribution in [0.5, 0.6) is 11.7 Å². The van der Waals surface area contributed by atoms with Gasteiger partial charge in [-0.1, -0.05) is 23.9 Å². The van der Waals surface area contributed by atoms with Gasteiger partial charge in [-0.2, -0.15) is 0 Å². The van der Waals surface area contributed by atoms with Gasteiger partial charge in [0.05, 0.1) is 30.7 Å². The highest BCUT2D eigenvalue weighted by Gasteiger charge is 2.21. The van der Waals surface area contributed by atoms with Crippen LogP contribution in [0, 0.1) is 0 Å². The Morgan fingerprint density at radius 3 is 2.60 bits per heavy atom. The highest BCUT2D eigenvalue weighted by Crippen LogP contribution is 2.25. The van der Waals surface area contributed by atoms with Gasteiger partial charge in [0.1, 0.15) is 5.75 Å². The minimum Gasteiger partial charge on any atom is -0.538 e. The number of methoxy groups -OCH3 is 2. The Balaban J connectivity index is 1.63. The molecule has 0 aliphatic carbocycles. The maximum absolute atomic E-state index is 12.3. The number of amides is 1. The molecular formula is C20H19N3O6S. The number of carbonyl (C=O) groups excluding carboxylic acids is 2. The molecule has 9 nitrogen and oxygen atoms in total. The molecule has 0 bridgehead atoms. The Morgan fingerprint density at radius 1 is 1.17 bits per heavy atom. The van der Waals surface area contributed by atoms with Gasteiger partial charge in [0.2, 0.25) is 11.6 Å². The zero-order chi connectivity index (χ0) is 21.5. The third-order valence-corrected chi connectivity index (χ3v) is 5.09. The predicted molar refractivity (Wildman–Crippen MR) is 106 cm³/mol. The summed E-state index contributed by atoms with van der Waals surface area (Å²) >= 11 is 1.15. The maximum Gasteiger partial charge on any atom is 0.339 e. The SMILES string of the molecule is COC(=O)c1ccccc1NC(=O)CCSc1c([O-])on[n+]1-c1ccc(OC)cc1. The van der Waals surface area contributed by atoms with Crippen molar-refractivity contribution in [2.45, 2.75) is 11.4 Å². The lowest BCUT2D eigenvalue weighted by molar-refractivity contribution is -0.705. The topological polar surface area (TPSA) is 118 Å². The van der Waals surface area contributed by atoms with E-state index in [1.807, 2.05) is 0 Å². The van der Waals surface area contributed by atoms with E-state index in [4.69, 9.17) is 14.0 Å². The van der Waals surface area contributed by atoms with Gasteiger partial charge in [-0.25, -0.2) is 4.79 Å². The molecule has 1 heterocycles. The monoisotopic (exact) mass is 429 g/mol. The van der Waals surface area contributed by atoms with Gasteiger partial charge in [0.15, 0.2) is 5.95 Å². The zero-order valence-electron chi connectivity index (χ0n) is 16.3. The predicted octanol–water partition coefficient (Wildman–Crippen LogP) is 1.94. The number of rotatable bonds is 8. The molecule has 0 atom stereocenters. The quantitative estimate of drug-likeness (QED) is 0.328. The average molecular weight is 429 g/mol. The van der Waals surface area contributed by atoms with Crippen molar-refractivity contribution in [3.05, 3.63) is 54.1 Å². The van der Waals surface area contributed by atoms with E-state index in [0.717, 1.165) is 11.8 Å². The Bertz CT molecular complexity index is 1040. The second-order valence-corrected chi connectivity index (χ2v) is 7.04. The molecule has 0 radical (unpaired) electrons. The third kappa shape index (κ3) is 4.90. The molecule has 3 aromatic rings. The number of thioether (sulfide) groups is 1. The highest BCUT2D eigenvalue weighted by molar-refractivity contribution is 7.99. The van der Waals surface area contributed by atoms with Gasteiger partial charge >= 0.3 is 5.97 Å². The fraction of sp³-hybridized carbons (Fsp3) is 0.200. The number of esters is 1. The van der Waals surface area contributed by atoms with Crippen LogP contribution in [0.3, 0.4) is 0 Å². The first-order valence-electron chi connectivity index (χ1n) is 8.87. The number of carbonyl (C=O) groups is 2. The minimum absolute atomic E-state index is 0.105. The van der Waals surface area contributed by atoms with Gasteiger partial charge in [0, 0.05) is 24.3 Å². The van der Waals surface area contributed by atoms with Gasteiger partial charge < -0.3 is 24.4 Å². The molecule has 1 amide bonds. The summed E-state index contributed by atoms with van der Waals surface area (Å²) in [6.45, 7) is 0.